The zero-order valence-electron chi connectivity index (χ0n) is 73.0. The second-order valence-electron chi connectivity index (χ2n) is 29.9. The lowest BCUT2D eigenvalue weighted by molar-refractivity contribution is -0.391. The minimum absolute atomic E-state index is 0.727. The van der Waals surface area contributed by atoms with Gasteiger partial charge in [0.2, 0.25) is 0 Å². The summed E-state index contributed by atoms with van der Waals surface area (Å²) in [5.74, 6) is -19.4. The molecule has 1 aliphatic carbocycles. The molecule has 0 aromatic rings. The Morgan fingerprint density at radius 2 is 0.346 bits per heavy atom. The first kappa shape index (κ1) is 106. The Bertz CT molecular complexity index is 3830. The second-order valence-corrected chi connectivity index (χ2v) is 29.9. The van der Waals surface area contributed by atoms with Gasteiger partial charge in [-0.05, 0) is 51.1 Å². The van der Waals surface area contributed by atoms with Crippen LogP contribution in [-0.2, 0) is 195 Å². The molecule has 21 rings (SSSR count). The number of nitrogens with zero attached hydrogens (tertiary/aromatic N) is 21. The van der Waals surface area contributed by atoms with Crippen molar-refractivity contribution in [3.8, 4) is 0 Å². The maximum Gasteiger partial charge on any atom is 0.303 e. The van der Waals surface area contributed by atoms with Crippen LogP contribution in [0.15, 0.2) is 35.8 Å². The van der Waals surface area contributed by atoms with Crippen LogP contribution in [0.5, 0.6) is 0 Å². The summed E-state index contributed by atoms with van der Waals surface area (Å²) in [5, 5.41) is 25.7. The third kappa shape index (κ3) is 28.6. The van der Waals surface area contributed by atoms with Crippen molar-refractivity contribution in [3.05, 3.63) is 73.1 Å². The number of ether oxygens (including phenoxy) is 27. The Labute approximate surface area is 749 Å². The first-order chi connectivity index (χ1) is 63.2. The molecular weight excluding hydrogens is 1800 g/mol. The van der Waals surface area contributed by atoms with Crippen molar-refractivity contribution in [2.24, 2.45) is 41.7 Å². The summed E-state index contributed by atoms with van der Waals surface area (Å²) in [6.45, 7) is 4.55. The first-order valence-electron chi connectivity index (χ1n) is 40.2. The van der Waals surface area contributed by atoms with Crippen LogP contribution in [0, 0.1) is 5.92 Å². The Balaban J connectivity index is 1.49. The summed E-state index contributed by atoms with van der Waals surface area (Å²) < 4.78 is 169. The van der Waals surface area contributed by atoms with Gasteiger partial charge >= 0.3 is 83.6 Å². The van der Waals surface area contributed by atoms with E-state index >= 15 is 0 Å². The normalized spacial score (nSPS) is 35.6. The van der Waals surface area contributed by atoms with Crippen molar-refractivity contribution >= 4 is 83.6 Å². The molecule has 35 atom stereocenters. The van der Waals surface area contributed by atoms with Crippen molar-refractivity contribution in [1.82, 2.24) is 0 Å². The third-order valence-electron chi connectivity index (χ3n) is 20.2. The topological polar surface area (TPSA) is 830 Å². The number of rotatable bonds is 28. The average Bonchev–Trinajstić information content (AvgIpc) is 0.857. The average molecular weight is 1900 g/mol. The summed E-state index contributed by atoms with van der Waals surface area (Å²) >= 11 is 0. The summed E-state index contributed by atoms with van der Waals surface area (Å²) in [5.41, 5.74) is 70.4. The van der Waals surface area contributed by atoms with Crippen molar-refractivity contribution in [3.63, 3.8) is 0 Å². The van der Waals surface area contributed by atoms with Crippen LogP contribution >= 0.6 is 0 Å². The Morgan fingerprint density at radius 1 is 0.203 bits per heavy atom. The zero-order chi connectivity index (χ0) is 97.9. The minimum Gasteiger partial charge on any atom is -0.456 e. The SMILES string of the molecule is CC(=O)OC1[C@@H]2OC(CN=[N+]=[N-])[C@@H](O[C@H]3OC(CN=[N+]=[N-])[C@@H](O[C@H]4CC(CN=[N+]=[N-])[C@@H](O[C@H]5OC(CN=[N+]=[N-])[C@@H](O[C@@H]6OC(CN=[N+]=[N-])[C@@H](O[C@@H]7OC(CN=[N+]=[N-])[C@@H](O[C@@H]8OC(CN=[N+]=[N-])[C@@H](O2)C(OC(C)=O)[C@@H]8OC(C)=O)C(OC(C)=O)[C@@H]7OC(C)=O)C(OC(C)=O)[C@@H]6OC(C)=O)C(OC(C)=O)[C@@H]5OC(C)=O)C(OC(C)=O)[C@@H]4OC(C)=O)[C@H](OC(C)=O)C3OC(C)=O)[C@@H]1OC(C)=O. The van der Waals surface area contributed by atoms with Gasteiger partial charge in [-0.1, -0.05) is 35.8 Å². The maximum absolute atomic E-state index is 13.8. The van der Waals surface area contributed by atoms with E-state index in [0.29, 0.717) is 0 Å². The Hall–Kier alpha value is -12.8. The van der Waals surface area contributed by atoms with E-state index in [1.807, 2.05) is 0 Å². The van der Waals surface area contributed by atoms with E-state index in [1.165, 1.54) is 0 Å². The molecule has 0 spiro atoms. The lowest BCUT2D eigenvalue weighted by atomic mass is 9.79. The van der Waals surface area contributed by atoms with Gasteiger partial charge in [-0.3, -0.25) is 67.1 Å². The van der Waals surface area contributed by atoms with Crippen LogP contribution in [0.4, 0.5) is 0 Å². The summed E-state index contributed by atoms with van der Waals surface area (Å²) in [7, 11) is 0. The fraction of sp³-hybridized carbons (Fsp3) is 0.803. The molecule has 21 aliphatic rings. The van der Waals surface area contributed by atoms with Gasteiger partial charge in [0.05, 0.1) is 82.0 Å². The number of carbonyl (C=O) groups excluding carboxylic acids is 14. The molecular formula is C71H93N21O41. The van der Waals surface area contributed by atoms with Gasteiger partial charge in [-0.15, -0.1) is 0 Å². The molecule has 20 aliphatic heterocycles. The van der Waals surface area contributed by atoms with Crippen LogP contribution in [0.3, 0.4) is 0 Å². The van der Waals surface area contributed by atoms with Crippen molar-refractivity contribution in [2.75, 3.05) is 45.8 Å². The molecule has 0 N–H and O–H groups in total. The quantitative estimate of drug-likeness (QED) is 0.0357. The van der Waals surface area contributed by atoms with E-state index in [2.05, 4.69) is 70.2 Å². The molecule has 1 saturated carbocycles. The standard InChI is InChI=1S/C71H93N21O41/c1-23(93)107-46-38-15-37(16-79-86-72)45(53(46)108-24(2)94)128-66-61(116-32(10)102)55(110-26(4)96)48(40(123-66)18-81-88-74)130-68-63(118-34(12)104)57(112-28(6)98)50(42(125-68)20-83-90-76)132-70-65(120-36(14)106)59(114-30(8)100)52(44(127-70)22-85-92-78)133-71-64(119-35(13)105)58(113-29(7)99)51(43(126-71)21-84-91-77)131-69-62(117-33(11)103)56(111-27(5)97)49(41(124-69)19-82-89-75)129-67-60(115-31(9)101)54(109-25(3)95)47(121-38)39(122-67)17-80-87-73/h37-71H,15-22H2,1-14H3/t37?,38-,39?,40?,41?,42?,43?,44?,45+,46+,47+,48+,49+,50+,51+,52+,53?,54-,55?,56-,57?,58?,59?,60?,61-,62?,63-,64-,65-,66+,67+,68-,69+,70-,71-/m0/s1. The van der Waals surface area contributed by atoms with Gasteiger partial charge in [-0.2, -0.15) is 0 Å². The fourth-order valence-corrected chi connectivity index (χ4v) is 16.0. The highest BCUT2D eigenvalue weighted by molar-refractivity contribution is 5.72. The Kier molecular flexibility index (Phi) is 39.4. The van der Waals surface area contributed by atoms with Gasteiger partial charge < -0.3 is 128 Å². The van der Waals surface area contributed by atoms with Gasteiger partial charge in [0, 0.05) is 138 Å². The van der Waals surface area contributed by atoms with Gasteiger partial charge in [0.15, 0.2) is 123 Å². The lowest BCUT2D eigenvalue weighted by Gasteiger charge is -2.52. The molecule has 133 heavy (non-hydrogen) atoms. The molecule has 21 fully saturated rings. The highest BCUT2D eigenvalue weighted by atomic mass is 16.8. The Morgan fingerprint density at radius 3 is 0.519 bits per heavy atom. The molecule has 14 unspecified atom stereocenters. The van der Waals surface area contributed by atoms with Gasteiger partial charge in [0.25, 0.3) is 0 Å². The van der Waals surface area contributed by atoms with E-state index in [9.17, 15) is 106 Å². The smallest absolute Gasteiger partial charge is 0.303 e. The maximum atomic E-state index is 13.8. The predicted octanol–water partition coefficient (Wildman–Crippen LogP) is 2.65. The molecule has 0 aromatic heterocycles. The predicted molar refractivity (Wildman–Crippen MR) is 414 cm³/mol. The van der Waals surface area contributed by atoms with E-state index in [0.717, 1.165) is 96.9 Å². The molecule has 20 heterocycles. The van der Waals surface area contributed by atoms with E-state index in [1.54, 1.807) is 0 Å². The van der Waals surface area contributed by atoms with Crippen LogP contribution in [0.2, 0.25) is 0 Å². The molecule has 62 nitrogen and oxygen atoms in total. The van der Waals surface area contributed by atoms with E-state index in [-0.39, 0.29) is 0 Å². The summed E-state index contributed by atoms with van der Waals surface area (Å²) in [6.07, 6.45) is -76.4. The number of hydrogen-bond acceptors (Lipinski definition) is 48. The van der Waals surface area contributed by atoms with E-state index in [4.69, 9.17) is 128 Å². The fourth-order valence-electron chi connectivity index (χ4n) is 16.0. The minimum atomic E-state index is -2.41. The molecule has 62 heteroatoms. The lowest BCUT2D eigenvalue weighted by Crippen LogP contribution is -2.70. The molecule has 20 saturated heterocycles. The number of carbonyl (C=O) groups is 14. The van der Waals surface area contributed by atoms with Crippen molar-refractivity contribution in [1.29, 1.82) is 0 Å². The van der Waals surface area contributed by atoms with Crippen LogP contribution in [-0.4, -0.2) is 338 Å². The van der Waals surface area contributed by atoms with Crippen LogP contribution in [0.1, 0.15) is 103 Å². The van der Waals surface area contributed by atoms with Gasteiger partial charge in [-0.25, -0.2) is 0 Å². The first-order valence-corrected chi connectivity index (χ1v) is 40.2. The largest absolute Gasteiger partial charge is 0.456 e. The third-order valence-corrected chi connectivity index (χ3v) is 20.2. The molecule has 14 bridgehead atoms. The van der Waals surface area contributed by atoms with Crippen LogP contribution < -0.4 is 0 Å². The van der Waals surface area contributed by atoms with Crippen LogP contribution in [0.25, 0.3) is 73.1 Å². The molecule has 0 amide bonds. The summed E-state index contributed by atoms with van der Waals surface area (Å²) in [6, 6.07) is 0. The monoisotopic (exact) mass is 1900 g/mol. The molecule has 728 valence electrons. The summed E-state index contributed by atoms with van der Waals surface area (Å²) in [4.78, 5) is 213. The van der Waals surface area contributed by atoms with Crippen molar-refractivity contribution in [2.45, 2.75) is 312 Å². The highest BCUT2D eigenvalue weighted by Crippen LogP contribution is 2.46. The number of esters is 14. The van der Waals surface area contributed by atoms with Crippen molar-refractivity contribution < 1.29 is 195 Å². The van der Waals surface area contributed by atoms with E-state index < -0.39 is 350 Å². The highest BCUT2D eigenvalue weighted by Gasteiger charge is 2.65. The molecule has 0 aromatic carbocycles. The van der Waals surface area contributed by atoms with Gasteiger partial charge in [0.1, 0.15) is 42.7 Å². The second kappa shape index (κ2) is 49.6. The zero-order valence-corrected chi connectivity index (χ0v) is 73.0. The molecule has 0 radical (unpaired) electrons. The number of azide groups is 7. The number of hydrogen-bond donors (Lipinski definition) is 0.